The molecule has 0 bridgehead atoms. The van der Waals surface area contributed by atoms with Crippen LogP contribution in [0.4, 0.5) is 5.69 Å². The van der Waals surface area contributed by atoms with Crippen LogP contribution in [0, 0.1) is 0 Å². The lowest BCUT2D eigenvalue weighted by Crippen LogP contribution is -2.21. The minimum absolute atomic E-state index is 0.101. The molecule has 1 amide bonds. The third-order valence-corrected chi connectivity index (χ3v) is 4.41. The minimum atomic E-state index is -0.677. The zero-order chi connectivity index (χ0) is 17.8. The van der Waals surface area contributed by atoms with Crippen LogP contribution in [0.5, 0.6) is 0 Å². The van der Waals surface area contributed by atoms with E-state index in [1.807, 2.05) is 11.4 Å². The lowest BCUT2D eigenvalue weighted by molar-refractivity contribution is -0.115. The molecule has 0 atom stereocenters. The maximum Gasteiger partial charge on any atom is 0.442 e. The Morgan fingerprint density at radius 3 is 2.64 bits per heavy atom. The SMILES string of the molecule is CCC(=O)Nc1ccc(C(=O)Cn2c(-c3cccs3)noc2=O)cc1. The van der Waals surface area contributed by atoms with Crippen LogP contribution in [0.15, 0.2) is 51.1 Å². The summed E-state index contributed by atoms with van der Waals surface area (Å²) in [6.45, 7) is 1.59. The van der Waals surface area contributed by atoms with Crippen molar-refractivity contribution in [2.75, 3.05) is 5.32 Å². The first-order valence-electron chi connectivity index (χ1n) is 7.62. The van der Waals surface area contributed by atoms with Gasteiger partial charge in [0.05, 0.1) is 11.4 Å². The monoisotopic (exact) mass is 357 g/mol. The first-order chi connectivity index (χ1) is 12.1. The summed E-state index contributed by atoms with van der Waals surface area (Å²) in [5, 5.41) is 8.31. The molecule has 128 valence electrons. The predicted molar refractivity (Wildman–Crippen MR) is 93.8 cm³/mol. The molecule has 0 aliphatic rings. The highest BCUT2D eigenvalue weighted by Crippen LogP contribution is 2.22. The number of hydrogen-bond donors (Lipinski definition) is 1. The van der Waals surface area contributed by atoms with Crippen molar-refractivity contribution >= 4 is 28.7 Å². The molecule has 2 aromatic heterocycles. The Balaban J connectivity index is 1.78. The van der Waals surface area contributed by atoms with Crippen LogP contribution < -0.4 is 11.1 Å². The fourth-order valence-electron chi connectivity index (χ4n) is 2.21. The molecule has 1 aromatic carbocycles. The van der Waals surface area contributed by atoms with Gasteiger partial charge in [0.2, 0.25) is 5.91 Å². The zero-order valence-electron chi connectivity index (χ0n) is 13.4. The van der Waals surface area contributed by atoms with Crippen molar-refractivity contribution < 1.29 is 14.1 Å². The van der Waals surface area contributed by atoms with Crippen molar-refractivity contribution in [3.8, 4) is 10.7 Å². The van der Waals surface area contributed by atoms with Crippen molar-refractivity contribution in [1.82, 2.24) is 9.72 Å². The molecule has 0 aliphatic carbocycles. The second kappa shape index (κ2) is 7.27. The first-order valence-corrected chi connectivity index (χ1v) is 8.50. The average molecular weight is 357 g/mol. The molecule has 3 aromatic rings. The Morgan fingerprint density at radius 1 is 1.24 bits per heavy atom. The molecule has 0 saturated heterocycles. The minimum Gasteiger partial charge on any atom is -0.326 e. The molecule has 0 unspecified atom stereocenters. The van der Waals surface area contributed by atoms with Crippen LogP contribution in [-0.2, 0) is 11.3 Å². The number of rotatable bonds is 6. The summed E-state index contributed by atoms with van der Waals surface area (Å²) >= 11 is 1.40. The second-order valence-electron chi connectivity index (χ2n) is 5.24. The van der Waals surface area contributed by atoms with Gasteiger partial charge in [-0.1, -0.05) is 18.1 Å². The number of Topliss-reactive ketones (excluding diaryl/α,β-unsaturated/α-hetero) is 1. The van der Waals surface area contributed by atoms with Crippen LogP contribution in [0.25, 0.3) is 10.7 Å². The lowest BCUT2D eigenvalue weighted by Gasteiger charge is -2.06. The third-order valence-electron chi connectivity index (χ3n) is 3.54. The van der Waals surface area contributed by atoms with Gasteiger partial charge in [-0.2, -0.15) is 0 Å². The van der Waals surface area contributed by atoms with Gasteiger partial charge in [0.1, 0.15) is 0 Å². The van der Waals surface area contributed by atoms with Gasteiger partial charge in [0.15, 0.2) is 11.6 Å². The number of nitrogens with zero attached hydrogens (tertiary/aromatic N) is 2. The molecule has 3 rings (SSSR count). The smallest absolute Gasteiger partial charge is 0.326 e. The van der Waals surface area contributed by atoms with Gasteiger partial charge in [0.25, 0.3) is 0 Å². The van der Waals surface area contributed by atoms with Gasteiger partial charge in [-0.25, -0.2) is 9.36 Å². The number of hydrogen-bond acceptors (Lipinski definition) is 6. The van der Waals surface area contributed by atoms with Crippen LogP contribution in [0.2, 0.25) is 0 Å². The molecule has 0 radical (unpaired) electrons. The predicted octanol–water partition coefficient (Wildman–Crippen LogP) is 2.80. The largest absolute Gasteiger partial charge is 0.442 e. The fourth-order valence-corrected chi connectivity index (χ4v) is 2.93. The standard InChI is InChI=1S/C17H15N3O4S/c1-2-15(22)18-12-7-5-11(6-8-12)13(21)10-20-16(19-24-17(20)23)14-4-3-9-25-14/h3-9H,2,10H2,1H3,(H,18,22). The molecule has 0 saturated carbocycles. The molecule has 8 heteroatoms. The molecule has 2 heterocycles. The highest BCUT2D eigenvalue weighted by atomic mass is 32.1. The van der Waals surface area contributed by atoms with Crippen LogP contribution >= 0.6 is 11.3 Å². The van der Waals surface area contributed by atoms with E-state index in [0.717, 1.165) is 4.88 Å². The van der Waals surface area contributed by atoms with E-state index in [4.69, 9.17) is 4.52 Å². The summed E-state index contributed by atoms with van der Waals surface area (Å²) in [6, 6.07) is 10.1. The topological polar surface area (TPSA) is 94.2 Å². The van der Waals surface area contributed by atoms with E-state index in [-0.39, 0.29) is 18.2 Å². The number of ketones is 1. The second-order valence-corrected chi connectivity index (χ2v) is 6.19. The average Bonchev–Trinajstić information content (AvgIpc) is 3.26. The zero-order valence-corrected chi connectivity index (χ0v) is 14.2. The van der Waals surface area contributed by atoms with Crippen molar-refractivity contribution in [3.05, 3.63) is 57.9 Å². The van der Waals surface area contributed by atoms with E-state index in [1.165, 1.54) is 15.9 Å². The van der Waals surface area contributed by atoms with Crippen molar-refractivity contribution in [2.24, 2.45) is 0 Å². The quantitative estimate of drug-likeness (QED) is 0.685. The maximum absolute atomic E-state index is 12.5. The van der Waals surface area contributed by atoms with E-state index in [0.29, 0.717) is 23.5 Å². The molecule has 25 heavy (non-hydrogen) atoms. The summed E-state index contributed by atoms with van der Waals surface area (Å²) in [6.07, 6.45) is 0.378. The summed E-state index contributed by atoms with van der Waals surface area (Å²) in [5.74, 6) is -0.698. The van der Waals surface area contributed by atoms with Crippen LogP contribution in [0.3, 0.4) is 0 Å². The first kappa shape index (κ1) is 16.8. The Kier molecular flexibility index (Phi) is 4.90. The van der Waals surface area contributed by atoms with Gasteiger partial charge in [0, 0.05) is 17.7 Å². The Hall–Kier alpha value is -3.00. The number of benzene rings is 1. The van der Waals surface area contributed by atoms with E-state index in [2.05, 4.69) is 10.5 Å². The van der Waals surface area contributed by atoms with Crippen LogP contribution in [0.1, 0.15) is 23.7 Å². The number of nitrogens with one attached hydrogen (secondary N) is 1. The molecule has 1 N–H and O–H groups in total. The summed E-state index contributed by atoms with van der Waals surface area (Å²) < 4.78 is 5.91. The van der Waals surface area contributed by atoms with Crippen molar-refractivity contribution in [2.45, 2.75) is 19.9 Å². The van der Waals surface area contributed by atoms with Crippen molar-refractivity contribution in [3.63, 3.8) is 0 Å². The maximum atomic E-state index is 12.5. The molecule has 0 spiro atoms. The Bertz CT molecular complexity index is 939. The van der Waals surface area contributed by atoms with Crippen LogP contribution in [-0.4, -0.2) is 21.4 Å². The summed E-state index contributed by atoms with van der Waals surface area (Å²) in [7, 11) is 0. The normalized spacial score (nSPS) is 10.6. The van der Waals surface area contributed by atoms with E-state index in [9.17, 15) is 14.4 Å². The van der Waals surface area contributed by atoms with Gasteiger partial charge < -0.3 is 5.32 Å². The van der Waals surface area contributed by atoms with Gasteiger partial charge in [-0.15, -0.1) is 11.3 Å². The molecular weight excluding hydrogens is 342 g/mol. The van der Waals surface area contributed by atoms with Gasteiger partial charge in [-0.05, 0) is 35.7 Å². The highest BCUT2D eigenvalue weighted by Gasteiger charge is 2.17. The fraction of sp³-hybridized carbons (Fsp3) is 0.176. The number of carbonyl (C=O) groups excluding carboxylic acids is 2. The Labute approximate surface area is 146 Å². The van der Waals surface area contributed by atoms with Gasteiger partial charge >= 0.3 is 5.76 Å². The van der Waals surface area contributed by atoms with E-state index >= 15 is 0 Å². The summed E-state index contributed by atoms with van der Waals surface area (Å²) in [5.41, 5.74) is 1.05. The Morgan fingerprint density at radius 2 is 2.00 bits per heavy atom. The number of thiophene rings is 1. The summed E-state index contributed by atoms with van der Waals surface area (Å²) in [4.78, 5) is 36.4. The number of anilines is 1. The van der Waals surface area contributed by atoms with Crippen molar-refractivity contribution in [1.29, 1.82) is 0 Å². The van der Waals surface area contributed by atoms with Gasteiger partial charge in [-0.3, -0.25) is 14.1 Å². The third kappa shape index (κ3) is 3.74. The molecule has 0 aliphatic heterocycles. The highest BCUT2D eigenvalue weighted by molar-refractivity contribution is 7.13. The van der Waals surface area contributed by atoms with E-state index < -0.39 is 5.76 Å². The lowest BCUT2D eigenvalue weighted by atomic mass is 10.1. The molecule has 7 nitrogen and oxygen atoms in total. The molecular formula is C17H15N3O4S. The molecule has 0 fully saturated rings. The number of amides is 1. The number of aromatic nitrogens is 2. The number of carbonyl (C=O) groups is 2. The van der Waals surface area contributed by atoms with E-state index in [1.54, 1.807) is 37.3 Å².